The van der Waals surface area contributed by atoms with Crippen molar-refractivity contribution < 1.29 is 0 Å². The van der Waals surface area contributed by atoms with Crippen molar-refractivity contribution in [2.24, 2.45) is 10.9 Å². The molecule has 1 fully saturated rings. The van der Waals surface area contributed by atoms with Crippen molar-refractivity contribution in [3.05, 3.63) is 28.8 Å². The van der Waals surface area contributed by atoms with Crippen LogP contribution in [0.25, 0.3) is 0 Å². The number of halogens is 2. The van der Waals surface area contributed by atoms with Gasteiger partial charge in [-0.2, -0.15) is 0 Å². The van der Waals surface area contributed by atoms with E-state index in [1.54, 1.807) is 0 Å². The summed E-state index contributed by atoms with van der Waals surface area (Å²) < 4.78 is 0. The first-order valence-electron chi connectivity index (χ1n) is 8.10. The fourth-order valence-electron chi connectivity index (χ4n) is 2.82. The Morgan fingerprint density at radius 2 is 2.25 bits per heavy atom. The van der Waals surface area contributed by atoms with Crippen molar-refractivity contribution in [1.82, 2.24) is 10.6 Å². The van der Waals surface area contributed by atoms with Crippen LogP contribution in [-0.4, -0.2) is 38.7 Å². The van der Waals surface area contributed by atoms with E-state index in [0.717, 1.165) is 43.6 Å². The third kappa shape index (κ3) is 6.06. The fourth-order valence-corrected chi connectivity index (χ4v) is 2.99. The van der Waals surface area contributed by atoms with Crippen molar-refractivity contribution in [1.29, 1.82) is 0 Å². The zero-order valence-corrected chi connectivity index (χ0v) is 17.4. The van der Waals surface area contributed by atoms with E-state index in [1.165, 1.54) is 11.3 Å². The van der Waals surface area contributed by atoms with Gasteiger partial charge >= 0.3 is 0 Å². The number of benzene rings is 1. The van der Waals surface area contributed by atoms with Crippen LogP contribution in [0.4, 0.5) is 5.69 Å². The Bertz CT molecular complexity index is 597. The summed E-state index contributed by atoms with van der Waals surface area (Å²) in [5.41, 5.74) is 2.50. The second kappa shape index (κ2) is 10.7. The van der Waals surface area contributed by atoms with E-state index < -0.39 is 0 Å². The Morgan fingerprint density at radius 3 is 2.96 bits per heavy atom. The maximum Gasteiger partial charge on any atom is 0.192 e. The van der Waals surface area contributed by atoms with Gasteiger partial charge in [-0.1, -0.05) is 23.6 Å². The molecule has 24 heavy (non-hydrogen) atoms. The molecule has 1 aromatic carbocycles. The van der Waals surface area contributed by atoms with E-state index in [9.17, 15) is 0 Å². The summed E-state index contributed by atoms with van der Waals surface area (Å²) in [4.78, 5) is 7.05. The summed E-state index contributed by atoms with van der Waals surface area (Å²) >= 11 is 6.14. The van der Waals surface area contributed by atoms with E-state index >= 15 is 0 Å². The molecule has 1 atom stereocenters. The van der Waals surface area contributed by atoms with Gasteiger partial charge < -0.3 is 15.5 Å². The number of anilines is 1. The largest absolute Gasteiger partial charge is 0.371 e. The summed E-state index contributed by atoms with van der Waals surface area (Å²) in [6, 6.07) is 6.08. The SMILES string of the molecule is C#CCNC(=NCC1CCN(c2cc(Cl)ccc2C)C1)NCC.I. The molecule has 1 saturated heterocycles. The number of nitrogens with zero attached hydrogens (tertiary/aromatic N) is 2. The highest BCUT2D eigenvalue weighted by atomic mass is 127. The smallest absolute Gasteiger partial charge is 0.192 e. The molecular formula is C18H26ClIN4. The number of guanidine groups is 1. The zero-order chi connectivity index (χ0) is 16.7. The molecule has 1 heterocycles. The lowest BCUT2D eigenvalue weighted by atomic mass is 10.1. The minimum absolute atomic E-state index is 0. The molecule has 2 N–H and O–H groups in total. The average Bonchev–Trinajstić information content (AvgIpc) is 3.01. The van der Waals surface area contributed by atoms with E-state index in [4.69, 9.17) is 18.0 Å². The first-order chi connectivity index (χ1) is 11.1. The van der Waals surface area contributed by atoms with Crippen molar-refractivity contribution in [2.45, 2.75) is 20.3 Å². The molecule has 0 radical (unpaired) electrons. The minimum atomic E-state index is 0. The summed E-state index contributed by atoms with van der Waals surface area (Å²) in [5.74, 6) is 3.92. The highest BCUT2D eigenvalue weighted by Gasteiger charge is 2.23. The minimum Gasteiger partial charge on any atom is -0.371 e. The van der Waals surface area contributed by atoms with Crippen LogP contribution in [0.2, 0.25) is 5.02 Å². The molecule has 2 rings (SSSR count). The highest BCUT2D eigenvalue weighted by molar-refractivity contribution is 14.0. The Morgan fingerprint density at radius 1 is 1.46 bits per heavy atom. The van der Waals surface area contributed by atoms with Crippen molar-refractivity contribution in [3.8, 4) is 12.3 Å². The predicted molar refractivity (Wildman–Crippen MR) is 115 cm³/mol. The van der Waals surface area contributed by atoms with Gasteiger partial charge in [-0.3, -0.25) is 4.99 Å². The van der Waals surface area contributed by atoms with Crippen molar-refractivity contribution >= 4 is 47.2 Å². The van der Waals surface area contributed by atoms with Gasteiger partial charge in [0.05, 0.1) is 6.54 Å². The van der Waals surface area contributed by atoms with Gasteiger partial charge in [-0.05, 0) is 43.9 Å². The summed E-state index contributed by atoms with van der Waals surface area (Å²) in [7, 11) is 0. The van der Waals surface area contributed by atoms with Crippen molar-refractivity contribution in [3.63, 3.8) is 0 Å². The zero-order valence-electron chi connectivity index (χ0n) is 14.3. The lowest BCUT2D eigenvalue weighted by molar-refractivity contribution is 0.600. The number of rotatable bonds is 5. The lowest BCUT2D eigenvalue weighted by Crippen LogP contribution is -2.37. The molecule has 0 saturated carbocycles. The van der Waals surface area contributed by atoms with Crippen LogP contribution in [0.1, 0.15) is 18.9 Å². The number of terminal acetylenes is 1. The third-order valence-electron chi connectivity index (χ3n) is 4.01. The van der Waals surface area contributed by atoms with Gasteiger partial charge in [0.25, 0.3) is 0 Å². The van der Waals surface area contributed by atoms with Gasteiger partial charge in [0, 0.05) is 36.9 Å². The van der Waals surface area contributed by atoms with E-state index in [1.807, 2.05) is 13.0 Å². The molecule has 6 heteroatoms. The van der Waals surface area contributed by atoms with Crippen LogP contribution in [0, 0.1) is 25.2 Å². The van der Waals surface area contributed by atoms with Crippen LogP contribution in [0.5, 0.6) is 0 Å². The molecule has 0 amide bonds. The number of aryl methyl sites for hydroxylation is 1. The monoisotopic (exact) mass is 460 g/mol. The molecule has 132 valence electrons. The van der Waals surface area contributed by atoms with Crippen LogP contribution in [0.15, 0.2) is 23.2 Å². The van der Waals surface area contributed by atoms with E-state index in [2.05, 4.69) is 45.5 Å². The maximum atomic E-state index is 6.14. The first-order valence-corrected chi connectivity index (χ1v) is 8.48. The molecule has 4 nitrogen and oxygen atoms in total. The molecule has 1 aliphatic heterocycles. The maximum absolute atomic E-state index is 6.14. The van der Waals surface area contributed by atoms with E-state index in [0.29, 0.717) is 12.5 Å². The quantitative estimate of drug-likeness (QED) is 0.307. The average molecular weight is 461 g/mol. The normalized spacial score (nSPS) is 17.2. The fraction of sp³-hybridized carbons (Fsp3) is 0.500. The first kappa shape index (κ1) is 20.9. The van der Waals surface area contributed by atoms with Crippen molar-refractivity contribution in [2.75, 3.05) is 37.6 Å². The topological polar surface area (TPSA) is 39.7 Å². The number of hydrogen-bond acceptors (Lipinski definition) is 2. The molecule has 1 aromatic rings. The van der Waals surface area contributed by atoms with Gasteiger partial charge in [-0.15, -0.1) is 30.4 Å². The summed E-state index contributed by atoms with van der Waals surface area (Å²) in [6.45, 7) is 8.36. The molecule has 1 aliphatic rings. The molecular weight excluding hydrogens is 435 g/mol. The second-order valence-corrected chi connectivity index (χ2v) is 6.25. The lowest BCUT2D eigenvalue weighted by Gasteiger charge is -2.21. The van der Waals surface area contributed by atoms with Crippen LogP contribution >= 0.6 is 35.6 Å². The molecule has 0 aromatic heterocycles. The molecule has 0 spiro atoms. The number of nitrogens with one attached hydrogen (secondary N) is 2. The Balaban J connectivity index is 0.00000288. The summed E-state index contributed by atoms with van der Waals surface area (Å²) in [5, 5.41) is 7.13. The molecule has 0 bridgehead atoms. The second-order valence-electron chi connectivity index (χ2n) is 5.81. The van der Waals surface area contributed by atoms with E-state index in [-0.39, 0.29) is 24.0 Å². The Hall–Kier alpha value is -1.13. The van der Waals surface area contributed by atoms with Gasteiger partial charge in [0.1, 0.15) is 0 Å². The van der Waals surface area contributed by atoms with Crippen LogP contribution in [0.3, 0.4) is 0 Å². The van der Waals surface area contributed by atoms with Gasteiger partial charge in [-0.25, -0.2) is 0 Å². The predicted octanol–water partition coefficient (Wildman–Crippen LogP) is 3.28. The highest BCUT2D eigenvalue weighted by Crippen LogP contribution is 2.29. The number of aliphatic imine (C=N–C) groups is 1. The Kier molecular flexibility index (Phi) is 9.30. The van der Waals surface area contributed by atoms with Gasteiger partial charge in [0.15, 0.2) is 5.96 Å². The number of hydrogen-bond donors (Lipinski definition) is 2. The van der Waals surface area contributed by atoms with Crippen LogP contribution < -0.4 is 15.5 Å². The summed E-state index contributed by atoms with van der Waals surface area (Å²) in [6.07, 6.45) is 6.43. The molecule has 0 aliphatic carbocycles. The van der Waals surface area contributed by atoms with Crippen LogP contribution in [-0.2, 0) is 0 Å². The van der Waals surface area contributed by atoms with Gasteiger partial charge in [0.2, 0.25) is 0 Å². The standard InChI is InChI=1S/C18H25ClN4.HI/c1-4-9-21-18(20-5-2)22-12-15-8-10-23(13-15)17-11-16(19)7-6-14(17)3;/h1,6-7,11,15H,5,8-10,12-13H2,2-3H3,(H2,20,21,22);1H. The third-order valence-corrected chi connectivity index (χ3v) is 4.24. The molecule has 1 unspecified atom stereocenters. The Labute approximate surface area is 167 Å².